The summed E-state index contributed by atoms with van der Waals surface area (Å²) >= 11 is 5.78. The highest BCUT2D eigenvalue weighted by Gasteiger charge is 2.16. The number of benzene rings is 1. The Morgan fingerprint density at radius 3 is 2.62 bits per heavy atom. The molecule has 0 bridgehead atoms. The number of carboxylic acid groups (broad SMARTS) is 1. The predicted molar refractivity (Wildman–Crippen MR) is 60.8 cm³/mol. The average molecular weight is 242 g/mol. The van der Waals surface area contributed by atoms with Crippen molar-refractivity contribution in [3.05, 3.63) is 34.3 Å². The summed E-state index contributed by atoms with van der Waals surface area (Å²) in [6.07, 6.45) is 0. The molecule has 16 heavy (non-hydrogen) atoms. The topological polar surface area (TPSA) is 57.6 Å². The fourth-order valence-corrected chi connectivity index (χ4v) is 1.48. The molecule has 1 aromatic rings. The van der Waals surface area contributed by atoms with E-state index in [1.54, 1.807) is 19.1 Å². The van der Waals surface area contributed by atoms with Gasteiger partial charge in [-0.05, 0) is 24.6 Å². The molecule has 0 heterocycles. The zero-order valence-corrected chi connectivity index (χ0v) is 9.78. The third-order valence-electron chi connectivity index (χ3n) is 2.15. The highest BCUT2D eigenvalue weighted by atomic mass is 35.5. The Balaban J connectivity index is 2.95. The van der Waals surface area contributed by atoms with Gasteiger partial charge in [0.2, 0.25) is 0 Å². The molecule has 0 unspecified atom stereocenters. The minimum atomic E-state index is -1.05. The van der Waals surface area contributed by atoms with Crippen LogP contribution in [0.5, 0.6) is 0 Å². The molecule has 0 aliphatic carbocycles. The molecule has 1 N–H and O–H groups in total. The molecular weight excluding hydrogens is 230 g/mol. The number of hydrogen-bond donors (Lipinski definition) is 1. The number of hydrogen-bond acceptors (Lipinski definition) is 2. The summed E-state index contributed by atoms with van der Waals surface area (Å²) in [5.74, 6) is -1.39. The molecule has 1 aromatic carbocycles. The summed E-state index contributed by atoms with van der Waals surface area (Å²) in [5, 5.41) is 9.04. The maximum Gasteiger partial charge on any atom is 0.323 e. The van der Waals surface area contributed by atoms with Gasteiger partial charge in [0.05, 0.1) is 0 Å². The molecule has 0 spiro atoms. The van der Waals surface area contributed by atoms with Crippen LogP contribution in [0.1, 0.15) is 15.9 Å². The van der Waals surface area contributed by atoms with Gasteiger partial charge in [-0.25, -0.2) is 0 Å². The number of rotatable bonds is 3. The van der Waals surface area contributed by atoms with Crippen molar-refractivity contribution in [2.45, 2.75) is 6.92 Å². The van der Waals surface area contributed by atoms with Gasteiger partial charge in [-0.15, -0.1) is 0 Å². The van der Waals surface area contributed by atoms with E-state index < -0.39 is 5.97 Å². The van der Waals surface area contributed by atoms with Crippen molar-refractivity contribution < 1.29 is 14.7 Å². The van der Waals surface area contributed by atoms with Crippen molar-refractivity contribution in [3.63, 3.8) is 0 Å². The third kappa shape index (κ3) is 2.97. The average Bonchev–Trinajstić information content (AvgIpc) is 2.19. The maximum atomic E-state index is 11.9. The molecule has 0 aliphatic rings. The van der Waals surface area contributed by atoms with Crippen LogP contribution in [0, 0.1) is 6.92 Å². The number of amides is 1. The molecule has 0 saturated heterocycles. The third-order valence-corrected chi connectivity index (χ3v) is 2.38. The Bertz CT molecular complexity index is 431. The molecule has 86 valence electrons. The second-order valence-electron chi connectivity index (χ2n) is 3.51. The zero-order chi connectivity index (χ0) is 12.3. The lowest BCUT2D eigenvalue weighted by Crippen LogP contribution is -2.32. The lowest BCUT2D eigenvalue weighted by Gasteiger charge is -2.16. The number of aryl methyl sites for hydroxylation is 1. The number of aliphatic carboxylic acids is 1. The minimum Gasteiger partial charge on any atom is -0.480 e. The van der Waals surface area contributed by atoms with Crippen LogP contribution in [0.25, 0.3) is 0 Å². The van der Waals surface area contributed by atoms with Gasteiger partial charge < -0.3 is 10.0 Å². The number of nitrogens with zero attached hydrogens (tertiary/aromatic N) is 1. The van der Waals surface area contributed by atoms with Crippen LogP contribution in [-0.4, -0.2) is 35.5 Å². The van der Waals surface area contributed by atoms with Gasteiger partial charge in [0, 0.05) is 17.6 Å². The molecule has 1 rings (SSSR count). The molecular formula is C11H12ClNO3. The maximum absolute atomic E-state index is 11.9. The normalized spacial score (nSPS) is 9.94. The summed E-state index contributed by atoms with van der Waals surface area (Å²) in [6.45, 7) is 1.45. The second kappa shape index (κ2) is 4.99. The number of halogens is 1. The van der Waals surface area contributed by atoms with Crippen molar-refractivity contribution >= 4 is 23.5 Å². The molecule has 0 aromatic heterocycles. The van der Waals surface area contributed by atoms with E-state index in [9.17, 15) is 9.59 Å². The smallest absolute Gasteiger partial charge is 0.323 e. The largest absolute Gasteiger partial charge is 0.480 e. The SMILES string of the molecule is Cc1ccc(Cl)cc1C(=O)N(C)CC(=O)O. The Kier molecular flexibility index (Phi) is 3.90. The summed E-state index contributed by atoms with van der Waals surface area (Å²) < 4.78 is 0. The minimum absolute atomic E-state index is 0.329. The summed E-state index contributed by atoms with van der Waals surface area (Å²) in [4.78, 5) is 23.5. The Morgan fingerprint density at radius 2 is 2.06 bits per heavy atom. The molecule has 0 saturated carbocycles. The fourth-order valence-electron chi connectivity index (χ4n) is 1.30. The second-order valence-corrected chi connectivity index (χ2v) is 3.95. The fraction of sp³-hybridized carbons (Fsp3) is 0.273. The van der Waals surface area contributed by atoms with E-state index in [0.29, 0.717) is 10.6 Å². The predicted octanol–water partition coefficient (Wildman–Crippen LogP) is 1.81. The van der Waals surface area contributed by atoms with E-state index in [0.717, 1.165) is 10.5 Å². The van der Waals surface area contributed by atoms with Gasteiger partial charge in [0.15, 0.2) is 0 Å². The molecule has 1 amide bonds. The van der Waals surface area contributed by atoms with Crippen molar-refractivity contribution in [3.8, 4) is 0 Å². The lowest BCUT2D eigenvalue weighted by atomic mass is 10.1. The Labute approximate surface area is 98.4 Å². The molecule has 4 nitrogen and oxygen atoms in total. The van der Waals surface area contributed by atoms with E-state index in [1.807, 2.05) is 0 Å². The lowest BCUT2D eigenvalue weighted by molar-refractivity contribution is -0.137. The van der Waals surface area contributed by atoms with E-state index in [4.69, 9.17) is 16.7 Å². The van der Waals surface area contributed by atoms with Crippen LogP contribution in [0.4, 0.5) is 0 Å². The Morgan fingerprint density at radius 1 is 1.44 bits per heavy atom. The zero-order valence-electron chi connectivity index (χ0n) is 9.03. The van der Waals surface area contributed by atoms with Gasteiger partial charge in [-0.2, -0.15) is 0 Å². The van der Waals surface area contributed by atoms with Crippen LogP contribution in [-0.2, 0) is 4.79 Å². The highest BCUT2D eigenvalue weighted by molar-refractivity contribution is 6.31. The quantitative estimate of drug-likeness (QED) is 0.878. The van der Waals surface area contributed by atoms with Crippen LogP contribution < -0.4 is 0 Å². The first-order chi connectivity index (χ1) is 7.41. The monoisotopic (exact) mass is 241 g/mol. The standard InChI is InChI=1S/C11H12ClNO3/c1-7-3-4-8(12)5-9(7)11(16)13(2)6-10(14)15/h3-5H,6H2,1-2H3,(H,14,15). The van der Waals surface area contributed by atoms with Crippen molar-refractivity contribution in [1.29, 1.82) is 0 Å². The van der Waals surface area contributed by atoms with Crippen LogP contribution in [0.15, 0.2) is 18.2 Å². The van der Waals surface area contributed by atoms with Crippen molar-refractivity contribution in [2.75, 3.05) is 13.6 Å². The van der Waals surface area contributed by atoms with E-state index in [2.05, 4.69) is 0 Å². The number of carbonyl (C=O) groups excluding carboxylic acids is 1. The van der Waals surface area contributed by atoms with Crippen LogP contribution in [0.3, 0.4) is 0 Å². The number of carboxylic acids is 1. The highest BCUT2D eigenvalue weighted by Crippen LogP contribution is 2.16. The van der Waals surface area contributed by atoms with Gasteiger partial charge in [0.1, 0.15) is 6.54 Å². The van der Waals surface area contributed by atoms with E-state index >= 15 is 0 Å². The molecule has 0 atom stereocenters. The molecule has 5 heteroatoms. The van der Waals surface area contributed by atoms with E-state index in [1.165, 1.54) is 13.1 Å². The van der Waals surface area contributed by atoms with Crippen molar-refractivity contribution in [2.24, 2.45) is 0 Å². The first-order valence-electron chi connectivity index (χ1n) is 4.65. The Hall–Kier alpha value is -1.55. The van der Waals surface area contributed by atoms with Gasteiger partial charge in [-0.1, -0.05) is 17.7 Å². The van der Waals surface area contributed by atoms with E-state index in [-0.39, 0.29) is 12.5 Å². The van der Waals surface area contributed by atoms with Gasteiger partial charge in [-0.3, -0.25) is 9.59 Å². The summed E-state index contributed by atoms with van der Waals surface area (Å²) in [7, 11) is 1.44. The number of likely N-dealkylation sites (N-methyl/N-ethyl adjacent to an activating group) is 1. The van der Waals surface area contributed by atoms with Crippen LogP contribution in [0.2, 0.25) is 5.02 Å². The van der Waals surface area contributed by atoms with Crippen molar-refractivity contribution in [1.82, 2.24) is 4.90 Å². The summed E-state index contributed by atoms with van der Waals surface area (Å²) in [6, 6.07) is 4.95. The number of carbonyl (C=O) groups is 2. The molecule has 0 aliphatic heterocycles. The van der Waals surface area contributed by atoms with Crippen LogP contribution >= 0.6 is 11.6 Å². The van der Waals surface area contributed by atoms with Gasteiger partial charge >= 0.3 is 5.97 Å². The first-order valence-corrected chi connectivity index (χ1v) is 5.03. The summed E-state index contributed by atoms with van der Waals surface area (Å²) in [5.41, 5.74) is 1.20. The van der Waals surface area contributed by atoms with Gasteiger partial charge in [0.25, 0.3) is 5.91 Å². The first kappa shape index (κ1) is 12.5. The molecule has 0 radical (unpaired) electrons. The molecule has 0 fully saturated rings.